The van der Waals surface area contributed by atoms with Gasteiger partial charge in [-0.05, 0) is 18.4 Å². The number of amidine groups is 1. The van der Waals surface area contributed by atoms with E-state index < -0.39 is 0 Å². The number of rotatable bonds is 2. The molecule has 1 heterocycles. The summed E-state index contributed by atoms with van der Waals surface area (Å²) in [6.07, 6.45) is 3.64. The lowest BCUT2D eigenvalue weighted by atomic mass is 10.1. The lowest BCUT2D eigenvalue weighted by Gasteiger charge is -2.04. The molecular weight excluding hydrogens is 184 g/mol. The van der Waals surface area contributed by atoms with Gasteiger partial charge in [0.05, 0.1) is 5.84 Å². The van der Waals surface area contributed by atoms with Gasteiger partial charge in [-0.1, -0.05) is 30.3 Å². The molecule has 1 fully saturated rings. The molecule has 1 aromatic carbocycles. The number of nitrogens with zero attached hydrogens (tertiary/aromatic N) is 1. The van der Waals surface area contributed by atoms with E-state index in [0.29, 0.717) is 6.04 Å². The predicted octanol–water partition coefficient (Wildman–Crippen LogP) is 2.32. The number of hydrogen-bond acceptors (Lipinski definition) is 2. The van der Waals surface area contributed by atoms with Gasteiger partial charge < -0.3 is 5.32 Å². The first kappa shape index (κ1) is 8.96. The average molecular weight is 200 g/mol. The van der Waals surface area contributed by atoms with Crippen molar-refractivity contribution in [2.75, 3.05) is 6.54 Å². The average Bonchev–Trinajstić information content (AvgIpc) is 2.84. The molecule has 15 heavy (non-hydrogen) atoms. The Morgan fingerprint density at radius 2 is 2.07 bits per heavy atom. The first-order valence-corrected chi connectivity index (χ1v) is 5.78. The van der Waals surface area contributed by atoms with Crippen LogP contribution in [0.1, 0.15) is 30.7 Å². The fourth-order valence-corrected chi connectivity index (χ4v) is 2.29. The largest absolute Gasteiger partial charge is 0.370 e. The van der Waals surface area contributed by atoms with Crippen molar-refractivity contribution in [1.82, 2.24) is 5.32 Å². The zero-order valence-corrected chi connectivity index (χ0v) is 8.82. The Morgan fingerprint density at radius 1 is 1.20 bits per heavy atom. The fourth-order valence-electron chi connectivity index (χ4n) is 2.29. The zero-order chi connectivity index (χ0) is 10.1. The van der Waals surface area contributed by atoms with Gasteiger partial charge in [-0.3, -0.25) is 4.99 Å². The van der Waals surface area contributed by atoms with Crippen LogP contribution < -0.4 is 5.32 Å². The van der Waals surface area contributed by atoms with E-state index in [0.717, 1.165) is 18.9 Å². The Balaban J connectivity index is 1.60. The molecule has 1 aliphatic heterocycles. The lowest BCUT2D eigenvalue weighted by molar-refractivity contribution is 0.851. The predicted molar refractivity (Wildman–Crippen MR) is 62.3 cm³/mol. The highest BCUT2D eigenvalue weighted by Crippen LogP contribution is 2.40. The molecule has 2 aliphatic rings. The van der Waals surface area contributed by atoms with Crippen molar-refractivity contribution in [2.24, 2.45) is 4.99 Å². The third kappa shape index (κ3) is 1.89. The minimum absolute atomic E-state index is 0.643. The van der Waals surface area contributed by atoms with E-state index in [-0.39, 0.29) is 0 Å². The minimum Gasteiger partial charge on any atom is -0.370 e. The van der Waals surface area contributed by atoms with Crippen molar-refractivity contribution in [3.63, 3.8) is 0 Å². The van der Waals surface area contributed by atoms with Crippen LogP contribution in [0.15, 0.2) is 35.3 Å². The Bertz CT molecular complexity index is 369. The molecule has 0 saturated heterocycles. The number of hydrogen-bond donors (Lipinski definition) is 1. The first-order valence-electron chi connectivity index (χ1n) is 5.78. The highest BCUT2D eigenvalue weighted by atomic mass is 15.1. The number of nitrogens with one attached hydrogen (secondary N) is 1. The molecule has 0 aromatic heterocycles. The van der Waals surface area contributed by atoms with Crippen LogP contribution in [-0.2, 0) is 0 Å². The summed E-state index contributed by atoms with van der Waals surface area (Å²) in [5, 5.41) is 3.55. The van der Waals surface area contributed by atoms with Crippen LogP contribution in [0.25, 0.3) is 0 Å². The molecule has 2 atom stereocenters. The molecule has 3 rings (SSSR count). The van der Waals surface area contributed by atoms with E-state index in [1.807, 2.05) is 0 Å². The Kier molecular flexibility index (Phi) is 2.20. The number of benzene rings is 1. The van der Waals surface area contributed by atoms with Crippen LogP contribution in [-0.4, -0.2) is 18.4 Å². The van der Waals surface area contributed by atoms with Crippen molar-refractivity contribution in [2.45, 2.75) is 31.2 Å². The van der Waals surface area contributed by atoms with E-state index in [9.17, 15) is 0 Å². The summed E-state index contributed by atoms with van der Waals surface area (Å²) in [5.41, 5.74) is 1.47. The molecule has 2 unspecified atom stereocenters. The van der Waals surface area contributed by atoms with Crippen LogP contribution in [0.4, 0.5) is 0 Å². The van der Waals surface area contributed by atoms with Gasteiger partial charge in [-0.15, -0.1) is 0 Å². The van der Waals surface area contributed by atoms with E-state index in [4.69, 9.17) is 0 Å². The molecule has 0 spiro atoms. The summed E-state index contributed by atoms with van der Waals surface area (Å²) in [6, 6.07) is 11.4. The summed E-state index contributed by atoms with van der Waals surface area (Å²) < 4.78 is 0. The van der Waals surface area contributed by atoms with Crippen LogP contribution in [0.2, 0.25) is 0 Å². The third-order valence-corrected chi connectivity index (χ3v) is 3.24. The first-order chi connectivity index (χ1) is 7.43. The summed E-state index contributed by atoms with van der Waals surface area (Å²) in [6.45, 7) is 1.02. The minimum atomic E-state index is 0.643. The van der Waals surface area contributed by atoms with Gasteiger partial charge in [0, 0.05) is 24.9 Å². The summed E-state index contributed by atoms with van der Waals surface area (Å²) in [7, 11) is 0. The van der Waals surface area contributed by atoms with Gasteiger partial charge in [0.15, 0.2) is 0 Å². The maximum absolute atomic E-state index is 4.45. The maximum Gasteiger partial charge on any atom is 0.0966 e. The summed E-state index contributed by atoms with van der Waals surface area (Å²) in [5.74, 6) is 1.95. The van der Waals surface area contributed by atoms with Gasteiger partial charge in [-0.25, -0.2) is 0 Å². The molecule has 1 aliphatic carbocycles. The smallest absolute Gasteiger partial charge is 0.0966 e. The maximum atomic E-state index is 4.45. The second-order valence-electron chi connectivity index (χ2n) is 4.44. The standard InChI is InChI=1S/C13H16N2/c1-2-5-10(6-3-1)11-9-12(11)15-13-7-4-8-14-13/h1-3,5-6,11-12H,4,7-9H2,(H,14,15). The SMILES string of the molecule is c1ccc(C2CC2NC2=NCCC2)cc1. The molecule has 0 amide bonds. The molecule has 0 radical (unpaired) electrons. The van der Waals surface area contributed by atoms with Crippen molar-refractivity contribution in [1.29, 1.82) is 0 Å². The summed E-state index contributed by atoms with van der Waals surface area (Å²) in [4.78, 5) is 4.45. The van der Waals surface area contributed by atoms with Crippen LogP contribution in [0, 0.1) is 0 Å². The molecule has 0 bridgehead atoms. The van der Waals surface area contributed by atoms with Crippen molar-refractivity contribution in [3.8, 4) is 0 Å². The van der Waals surface area contributed by atoms with Crippen molar-refractivity contribution < 1.29 is 0 Å². The van der Waals surface area contributed by atoms with E-state index in [1.165, 1.54) is 24.2 Å². The van der Waals surface area contributed by atoms with Gasteiger partial charge >= 0.3 is 0 Å². The van der Waals surface area contributed by atoms with Crippen LogP contribution >= 0.6 is 0 Å². The van der Waals surface area contributed by atoms with Crippen LogP contribution in [0.3, 0.4) is 0 Å². The molecular formula is C13H16N2. The quantitative estimate of drug-likeness (QED) is 0.778. The monoisotopic (exact) mass is 200 g/mol. The second kappa shape index (κ2) is 3.69. The topological polar surface area (TPSA) is 24.4 Å². The van der Waals surface area contributed by atoms with Gasteiger partial charge in [-0.2, -0.15) is 0 Å². The Labute approximate surface area is 90.4 Å². The highest BCUT2D eigenvalue weighted by Gasteiger charge is 2.38. The molecule has 78 valence electrons. The highest BCUT2D eigenvalue weighted by molar-refractivity contribution is 5.84. The number of aliphatic imine (C=N–C) groups is 1. The Hall–Kier alpha value is -1.31. The van der Waals surface area contributed by atoms with Crippen molar-refractivity contribution in [3.05, 3.63) is 35.9 Å². The molecule has 2 heteroatoms. The lowest BCUT2D eigenvalue weighted by Crippen LogP contribution is -2.24. The van der Waals surface area contributed by atoms with E-state index in [1.54, 1.807) is 0 Å². The molecule has 1 N–H and O–H groups in total. The fraction of sp³-hybridized carbons (Fsp3) is 0.462. The second-order valence-corrected chi connectivity index (χ2v) is 4.44. The van der Waals surface area contributed by atoms with Gasteiger partial charge in [0.25, 0.3) is 0 Å². The molecule has 1 saturated carbocycles. The van der Waals surface area contributed by atoms with Gasteiger partial charge in [0.2, 0.25) is 0 Å². The normalized spacial score (nSPS) is 28.7. The van der Waals surface area contributed by atoms with Crippen LogP contribution in [0.5, 0.6) is 0 Å². The van der Waals surface area contributed by atoms with Gasteiger partial charge in [0.1, 0.15) is 0 Å². The Morgan fingerprint density at radius 3 is 2.80 bits per heavy atom. The van der Waals surface area contributed by atoms with E-state index >= 15 is 0 Å². The molecule has 2 nitrogen and oxygen atoms in total. The van der Waals surface area contributed by atoms with E-state index in [2.05, 4.69) is 40.6 Å². The van der Waals surface area contributed by atoms with Crippen molar-refractivity contribution >= 4 is 5.84 Å². The summed E-state index contributed by atoms with van der Waals surface area (Å²) >= 11 is 0. The molecule has 1 aromatic rings. The third-order valence-electron chi connectivity index (χ3n) is 3.24. The zero-order valence-electron chi connectivity index (χ0n) is 8.82.